The fourth-order valence-electron chi connectivity index (χ4n) is 2.65. The molecular weight excluding hydrogens is 304 g/mol. The van der Waals surface area contributed by atoms with Crippen molar-refractivity contribution in [3.8, 4) is 11.5 Å². The lowest BCUT2D eigenvalue weighted by molar-refractivity contribution is 0.0786. The molecule has 1 atom stereocenters. The SMILES string of the molecule is O=C(NC[C@H]1COc2ccccc2O1)c1ccc2ccccc2n1. The first-order valence-electron chi connectivity index (χ1n) is 7.82. The number of ether oxygens (including phenoxy) is 2. The minimum Gasteiger partial charge on any atom is -0.486 e. The lowest BCUT2D eigenvalue weighted by Crippen LogP contribution is -2.40. The predicted octanol–water partition coefficient (Wildman–Crippen LogP) is 2.80. The molecular formula is C19H16N2O3. The lowest BCUT2D eigenvalue weighted by atomic mass is 10.2. The van der Waals surface area contributed by atoms with Gasteiger partial charge in [-0.3, -0.25) is 4.79 Å². The summed E-state index contributed by atoms with van der Waals surface area (Å²) >= 11 is 0. The second-order valence-electron chi connectivity index (χ2n) is 5.60. The Bertz CT molecular complexity index is 894. The number of hydrogen-bond donors (Lipinski definition) is 1. The second kappa shape index (κ2) is 6.20. The molecule has 0 saturated heterocycles. The number of nitrogens with one attached hydrogen (secondary N) is 1. The Labute approximate surface area is 139 Å². The van der Waals surface area contributed by atoms with Crippen molar-refractivity contribution in [2.75, 3.05) is 13.2 Å². The summed E-state index contributed by atoms with van der Waals surface area (Å²) in [5.74, 6) is 1.21. The number of nitrogens with zero attached hydrogens (tertiary/aromatic N) is 1. The van der Waals surface area contributed by atoms with Crippen molar-refractivity contribution in [2.45, 2.75) is 6.10 Å². The number of rotatable bonds is 3. The van der Waals surface area contributed by atoms with Crippen LogP contribution in [0, 0.1) is 0 Å². The van der Waals surface area contributed by atoms with Crippen molar-refractivity contribution in [3.63, 3.8) is 0 Å². The molecule has 3 aromatic rings. The van der Waals surface area contributed by atoms with Crippen LogP contribution in [-0.2, 0) is 0 Å². The lowest BCUT2D eigenvalue weighted by Gasteiger charge is -2.26. The molecule has 0 unspecified atom stereocenters. The molecule has 1 aromatic heterocycles. The van der Waals surface area contributed by atoms with E-state index in [4.69, 9.17) is 9.47 Å². The highest BCUT2D eigenvalue weighted by molar-refractivity contribution is 5.94. The standard InChI is InChI=1S/C19H16N2O3/c22-19(16-10-9-13-5-1-2-6-15(13)21-16)20-11-14-12-23-17-7-3-4-8-18(17)24-14/h1-10,14H,11-12H2,(H,20,22)/t14-/m0/s1. The van der Waals surface area contributed by atoms with Crippen LogP contribution in [0.3, 0.4) is 0 Å². The van der Waals surface area contributed by atoms with Gasteiger partial charge in [-0.05, 0) is 24.3 Å². The van der Waals surface area contributed by atoms with E-state index in [9.17, 15) is 4.79 Å². The third-order valence-electron chi connectivity index (χ3n) is 3.89. The van der Waals surface area contributed by atoms with Crippen LogP contribution in [0.5, 0.6) is 11.5 Å². The highest BCUT2D eigenvalue weighted by Gasteiger charge is 2.21. The number of carbonyl (C=O) groups is 1. The fraction of sp³-hybridized carbons (Fsp3) is 0.158. The smallest absolute Gasteiger partial charge is 0.270 e. The van der Waals surface area contributed by atoms with Gasteiger partial charge in [0.1, 0.15) is 18.4 Å². The van der Waals surface area contributed by atoms with Gasteiger partial charge in [0.2, 0.25) is 0 Å². The summed E-state index contributed by atoms with van der Waals surface area (Å²) in [6.07, 6.45) is -0.218. The number of hydrogen-bond acceptors (Lipinski definition) is 4. The van der Waals surface area contributed by atoms with Crippen molar-refractivity contribution in [3.05, 3.63) is 66.4 Å². The molecule has 1 amide bonds. The van der Waals surface area contributed by atoms with Crippen molar-refractivity contribution in [1.29, 1.82) is 0 Å². The number of pyridine rings is 1. The molecule has 1 aliphatic heterocycles. The zero-order valence-electron chi connectivity index (χ0n) is 12.9. The number of amides is 1. The van der Waals surface area contributed by atoms with Gasteiger partial charge in [0.05, 0.1) is 12.1 Å². The summed E-state index contributed by atoms with van der Waals surface area (Å²) in [6.45, 7) is 0.768. The van der Waals surface area contributed by atoms with Crippen LogP contribution >= 0.6 is 0 Å². The van der Waals surface area contributed by atoms with Crippen molar-refractivity contribution in [1.82, 2.24) is 10.3 Å². The van der Waals surface area contributed by atoms with Gasteiger partial charge in [-0.1, -0.05) is 36.4 Å². The van der Waals surface area contributed by atoms with Crippen LogP contribution in [0.15, 0.2) is 60.7 Å². The Hall–Kier alpha value is -3.08. The molecule has 4 rings (SSSR count). The van der Waals surface area contributed by atoms with Gasteiger partial charge in [-0.15, -0.1) is 0 Å². The number of carbonyl (C=O) groups excluding carboxylic acids is 1. The third-order valence-corrected chi connectivity index (χ3v) is 3.89. The highest BCUT2D eigenvalue weighted by atomic mass is 16.6. The Balaban J connectivity index is 1.41. The Morgan fingerprint density at radius 2 is 1.83 bits per heavy atom. The van der Waals surface area contributed by atoms with E-state index < -0.39 is 0 Å². The largest absolute Gasteiger partial charge is 0.486 e. The van der Waals surface area contributed by atoms with Crippen LogP contribution < -0.4 is 14.8 Å². The summed E-state index contributed by atoms with van der Waals surface area (Å²) in [7, 11) is 0. The average Bonchev–Trinajstić information content (AvgIpc) is 2.65. The first kappa shape index (κ1) is 14.5. The fourth-order valence-corrected chi connectivity index (χ4v) is 2.65. The Morgan fingerprint density at radius 3 is 2.75 bits per heavy atom. The maximum absolute atomic E-state index is 12.3. The van der Waals surface area contributed by atoms with Gasteiger partial charge in [0.25, 0.3) is 5.91 Å². The van der Waals surface area contributed by atoms with Crippen LogP contribution in [0.2, 0.25) is 0 Å². The maximum atomic E-state index is 12.3. The topological polar surface area (TPSA) is 60.5 Å². The third kappa shape index (κ3) is 2.88. The minimum atomic E-state index is -0.219. The van der Waals surface area contributed by atoms with Crippen molar-refractivity contribution >= 4 is 16.8 Å². The molecule has 0 saturated carbocycles. The van der Waals surface area contributed by atoms with E-state index in [0.717, 1.165) is 16.7 Å². The highest BCUT2D eigenvalue weighted by Crippen LogP contribution is 2.30. The van der Waals surface area contributed by atoms with Gasteiger partial charge < -0.3 is 14.8 Å². The molecule has 5 nitrogen and oxygen atoms in total. The molecule has 0 fully saturated rings. The number of fused-ring (bicyclic) bond motifs is 2. The molecule has 120 valence electrons. The molecule has 1 aliphatic rings. The normalized spacial score (nSPS) is 15.9. The van der Waals surface area contributed by atoms with Gasteiger partial charge in [-0.25, -0.2) is 4.98 Å². The Kier molecular flexibility index (Phi) is 3.75. The van der Waals surface area contributed by atoms with E-state index in [0.29, 0.717) is 24.6 Å². The van der Waals surface area contributed by atoms with Crippen LogP contribution in [0.4, 0.5) is 0 Å². The zero-order chi connectivity index (χ0) is 16.4. The maximum Gasteiger partial charge on any atom is 0.270 e. The second-order valence-corrected chi connectivity index (χ2v) is 5.60. The van der Waals surface area contributed by atoms with Gasteiger partial charge in [-0.2, -0.15) is 0 Å². The van der Waals surface area contributed by atoms with E-state index >= 15 is 0 Å². The van der Waals surface area contributed by atoms with E-state index in [-0.39, 0.29) is 12.0 Å². The average molecular weight is 320 g/mol. The van der Waals surface area contributed by atoms with Gasteiger partial charge in [0, 0.05) is 5.39 Å². The summed E-state index contributed by atoms with van der Waals surface area (Å²) in [5, 5.41) is 3.87. The summed E-state index contributed by atoms with van der Waals surface area (Å²) in [5.41, 5.74) is 1.20. The van der Waals surface area contributed by atoms with Crippen molar-refractivity contribution < 1.29 is 14.3 Å². The van der Waals surface area contributed by atoms with Crippen LogP contribution in [0.1, 0.15) is 10.5 Å². The van der Waals surface area contributed by atoms with E-state index in [2.05, 4.69) is 10.3 Å². The van der Waals surface area contributed by atoms with Crippen LogP contribution in [-0.4, -0.2) is 30.1 Å². The molecule has 24 heavy (non-hydrogen) atoms. The number of benzene rings is 2. The molecule has 1 N–H and O–H groups in total. The molecule has 0 radical (unpaired) electrons. The molecule has 0 spiro atoms. The first-order chi connectivity index (χ1) is 11.8. The quantitative estimate of drug-likeness (QED) is 0.806. The summed E-state index contributed by atoms with van der Waals surface area (Å²) < 4.78 is 11.5. The molecule has 0 bridgehead atoms. The first-order valence-corrected chi connectivity index (χ1v) is 7.82. The molecule has 0 aliphatic carbocycles. The van der Waals surface area contributed by atoms with Crippen LogP contribution in [0.25, 0.3) is 10.9 Å². The zero-order valence-corrected chi connectivity index (χ0v) is 12.9. The van der Waals surface area contributed by atoms with Crippen molar-refractivity contribution in [2.24, 2.45) is 0 Å². The van der Waals surface area contributed by atoms with E-state index in [1.54, 1.807) is 6.07 Å². The van der Waals surface area contributed by atoms with Gasteiger partial charge >= 0.3 is 0 Å². The van der Waals surface area contributed by atoms with Gasteiger partial charge in [0.15, 0.2) is 11.5 Å². The van der Waals surface area contributed by atoms with E-state index in [1.165, 1.54) is 0 Å². The summed E-state index contributed by atoms with van der Waals surface area (Å²) in [4.78, 5) is 16.7. The minimum absolute atomic E-state index is 0.218. The molecule has 2 aromatic carbocycles. The molecule has 2 heterocycles. The Morgan fingerprint density at radius 1 is 1.04 bits per heavy atom. The number of para-hydroxylation sites is 3. The predicted molar refractivity (Wildman–Crippen MR) is 90.4 cm³/mol. The number of aromatic nitrogens is 1. The summed E-state index contributed by atoms with van der Waals surface area (Å²) in [6, 6.07) is 18.8. The molecule has 5 heteroatoms. The van der Waals surface area contributed by atoms with E-state index in [1.807, 2.05) is 54.6 Å². The monoisotopic (exact) mass is 320 g/mol.